The Balaban J connectivity index is 1.45. The van der Waals surface area contributed by atoms with E-state index in [1.54, 1.807) is 0 Å². The van der Waals surface area contributed by atoms with Crippen LogP contribution in [-0.4, -0.2) is 14.0 Å². The summed E-state index contributed by atoms with van der Waals surface area (Å²) in [5.74, 6) is 0. The summed E-state index contributed by atoms with van der Waals surface area (Å²) in [5.41, 5.74) is 9.33. The second-order valence-electron chi connectivity index (χ2n) is 10.5. The van der Waals surface area contributed by atoms with Crippen LogP contribution in [0, 0.1) is 0 Å². The molecule has 0 aliphatic carbocycles. The Labute approximate surface area is 230 Å². The number of benzene rings is 5. The Hall–Kier alpha value is -5.41. The fourth-order valence-corrected chi connectivity index (χ4v) is 6.57. The van der Waals surface area contributed by atoms with E-state index in [4.69, 9.17) is 0 Å². The minimum absolute atomic E-state index is 0.976. The van der Waals surface area contributed by atoms with Crippen LogP contribution in [0.1, 0.15) is 0 Å². The summed E-state index contributed by atoms with van der Waals surface area (Å²) >= 11 is 0. The lowest BCUT2D eigenvalue weighted by Crippen LogP contribution is -1.95. The maximum Gasteiger partial charge on any atom is 0.0702 e. The van der Waals surface area contributed by atoms with Crippen molar-refractivity contribution in [1.29, 1.82) is 0 Å². The van der Waals surface area contributed by atoms with Crippen LogP contribution in [-0.2, 0) is 0 Å². The molecule has 4 heterocycles. The molecule has 0 atom stereocenters. The van der Waals surface area contributed by atoms with Gasteiger partial charge in [-0.15, -0.1) is 0 Å². The summed E-state index contributed by atoms with van der Waals surface area (Å²) in [6, 6.07) is 48.1. The normalized spacial score (nSPS) is 12.0. The van der Waals surface area contributed by atoms with E-state index in [0.717, 1.165) is 16.9 Å². The van der Waals surface area contributed by atoms with Crippen molar-refractivity contribution in [3.05, 3.63) is 140 Å². The molecule has 4 aromatic heterocycles. The van der Waals surface area contributed by atoms with Crippen LogP contribution in [0.2, 0.25) is 0 Å². The Bertz CT molecular complexity index is 2430. The molecular formula is C37H23N3. The van der Waals surface area contributed by atoms with Gasteiger partial charge in [-0.3, -0.25) is 4.98 Å². The number of hydrogen-bond donors (Lipinski definition) is 0. The van der Waals surface area contributed by atoms with Crippen LogP contribution in [0.15, 0.2) is 140 Å². The molecule has 5 aromatic carbocycles. The van der Waals surface area contributed by atoms with Gasteiger partial charge in [-0.25, -0.2) is 0 Å². The summed E-state index contributed by atoms with van der Waals surface area (Å²) in [5, 5.41) is 7.57. The van der Waals surface area contributed by atoms with Crippen molar-refractivity contribution >= 4 is 59.9 Å². The van der Waals surface area contributed by atoms with Gasteiger partial charge < -0.3 is 8.97 Å². The number of para-hydroxylation sites is 3. The molecular weight excluding hydrogens is 486 g/mol. The van der Waals surface area contributed by atoms with Crippen LogP contribution in [0.5, 0.6) is 0 Å². The second kappa shape index (κ2) is 8.05. The van der Waals surface area contributed by atoms with Gasteiger partial charge in [0.25, 0.3) is 0 Å². The zero-order chi connectivity index (χ0) is 26.2. The highest BCUT2D eigenvalue weighted by atomic mass is 15.0. The molecule has 9 aromatic rings. The maximum absolute atomic E-state index is 4.61. The van der Waals surface area contributed by atoms with E-state index in [9.17, 15) is 0 Å². The lowest BCUT2D eigenvalue weighted by molar-refractivity contribution is 1.18. The Morgan fingerprint density at radius 1 is 0.425 bits per heavy atom. The molecule has 0 saturated heterocycles. The van der Waals surface area contributed by atoms with Gasteiger partial charge in [0.05, 0.1) is 33.3 Å². The number of rotatable bonds is 2. The zero-order valence-corrected chi connectivity index (χ0v) is 21.6. The Morgan fingerprint density at radius 2 is 1.15 bits per heavy atom. The highest BCUT2D eigenvalue weighted by molar-refractivity contribution is 6.22. The van der Waals surface area contributed by atoms with Crippen LogP contribution < -0.4 is 0 Å². The second-order valence-corrected chi connectivity index (χ2v) is 10.5. The molecule has 3 heteroatoms. The third kappa shape index (κ3) is 2.92. The molecule has 186 valence electrons. The molecule has 0 radical (unpaired) electrons. The fourth-order valence-electron chi connectivity index (χ4n) is 6.57. The molecule has 0 bridgehead atoms. The summed E-state index contributed by atoms with van der Waals surface area (Å²) in [6.45, 7) is 0. The third-order valence-electron chi connectivity index (χ3n) is 8.30. The van der Waals surface area contributed by atoms with Crippen molar-refractivity contribution in [2.45, 2.75) is 0 Å². The van der Waals surface area contributed by atoms with Crippen LogP contribution in [0.4, 0.5) is 0 Å². The van der Waals surface area contributed by atoms with Crippen LogP contribution in [0.25, 0.3) is 76.8 Å². The minimum Gasteiger partial charge on any atom is -0.309 e. The molecule has 40 heavy (non-hydrogen) atoms. The smallest absolute Gasteiger partial charge is 0.0702 e. The molecule has 0 spiro atoms. The first-order valence-corrected chi connectivity index (χ1v) is 13.6. The highest BCUT2D eigenvalue weighted by Gasteiger charge is 2.18. The van der Waals surface area contributed by atoms with Gasteiger partial charge in [0, 0.05) is 44.4 Å². The highest BCUT2D eigenvalue weighted by Crippen LogP contribution is 2.40. The molecule has 0 aliphatic rings. The van der Waals surface area contributed by atoms with E-state index in [1.165, 1.54) is 59.9 Å². The summed E-state index contributed by atoms with van der Waals surface area (Å²) in [4.78, 5) is 4.61. The van der Waals surface area contributed by atoms with Crippen molar-refractivity contribution < 1.29 is 0 Å². The number of pyridine rings is 2. The predicted molar refractivity (Wildman–Crippen MR) is 167 cm³/mol. The van der Waals surface area contributed by atoms with Gasteiger partial charge in [0.2, 0.25) is 0 Å². The monoisotopic (exact) mass is 509 g/mol. The fraction of sp³-hybridized carbons (Fsp3) is 0. The topological polar surface area (TPSA) is 22.2 Å². The van der Waals surface area contributed by atoms with E-state index < -0.39 is 0 Å². The largest absolute Gasteiger partial charge is 0.309 e. The van der Waals surface area contributed by atoms with E-state index >= 15 is 0 Å². The molecule has 9 rings (SSSR count). The lowest BCUT2D eigenvalue weighted by Gasteiger charge is -2.13. The minimum atomic E-state index is 0.976. The van der Waals surface area contributed by atoms with Crippen LogP contribution >= 0.6 is 0 Å². The summed E-state index contributed by atoms with van der Waals surface area (Å²) < 4.78 is 4.83. The average molecular weight is 510 g/mol. The number of fused-ring (bicyclic) bond motifs is 11. The van der Waals surface area contributed by atoms with E-state index in [2.05, 4.69) is 135 Å². The summed E-state index contributed by atoms with van der Waals surface area (Å²) in [7, 11) is 0. The van der Waals surface area contributed by atoms with Gasteiger partial charge in [-0.2, -0.15) is 0 Å². The first-order chi connectivity index (χ1) is 19.8. The molecule has 0 N–H and O–H groups in total. The van der Waals surface area contributed by atoms with Gasteiger partial charge in [-0.05, 0) is 66.0 Å². The first-order valence-electron chi connectivity index (χ1n) is 13.6. The van der Waals surface area contributed by atoms with Gasteiger partial charge in [0.15, 0.2) is 0 Å². The van der Waals surface area contributed by atoms with E-state index in [1.807, 2.05) is 18.3 Å². The van der Waals surface area contributed by atoms with E-state index in [0.29, 0.717) is 0 Å². The Morgan fingerprint density at radius 3 is 2.00 bits per heavy atom. The standard InChI is InChI=1S/C37H23N3/c1-4-16-33-25(10-1)21-36-31-22-30-28-14-3-5-17-34(28)39(26-12-9-11-24(20-26)32-15-7-8-19-38-32)37(30)23-29(31)27-13-2-6-18-35(27)40(33)36/h1-23H. The van der Waals surface area contributed by atoms with Crippen molar-refractivity contribution in [3.63, 3.8) is 0 Å². The maximum atomic E-state index is 4.61. The van der Waals surface area contributed by atoms with Gasteiger partial charge in [-0.1, -0.05) is 72.8 Å². The predicted octanol–water partition coefficient (Wildman–Crippen LogP) is 9.56. The van der Waals surface area contributed by atoms with Crippen molar-refractivity contribution in [2.75, 3.05) is 0 Å². The zero-order valence-electron chi connectivity index (χ0n) is 21.6. The number of aromatic nitrogens is 3. The van der Waals surface area contributed by atoms with Gasteiger partial charge in [0.1, 0.15) is 0 Å². The Kier molecular flexibility index (Phi) is 4.33. The quantitative estimate of drug-likeness (QED) is 0.213. The lowest BCUT2D eigenvalue weighted by atomic mass is 10.0. The molecule has 0 saturated carbocycles. The molecule has 0 unspecified atom stereocenters. The molecule has 0 aliphatic heterocycles. The SMILES string of the molecule is c1ccc(-c2cccc(-n3c4ccccc4c4cc5c(cc43)c3ccccc3n3c4ccccc4cc53)c2)nc1. The molecule has 3 nitrogen and oxygen atoms in total. The van der Waals surface area contributed by atoms with Crippen molar-refractivity contribution in [2.24, 2.45) is 0 Å². The van der Waals surface area contributed by atoms with Gasteiger partial charge >= 0.3 is 0 Å². The van der Waals surface area contributed by atoms with Crippen LogP contribution in [0.3, 0.4) is 0 Å². The molecule has 0 amide bonds. The molecule has 0 fully saturated rings. The van der Waals surface area contributed by atoms with Crippen molar-refractivity contribution in [1.82, 2.24) is 14.0 Å². The third-order valence-corrected chi connectivity index (χ3v) is 8.30. The summed E-state index contributed by atoms with van der Waals surface area (Å²) in [6.07, 6.45) is 1.85. The first kappa shape index (κ1) is 21.5. The van der Waals surface area contributed by atoms with E-state index in [-0.39, 0.29) is 0 Å². The van der Waals surface area contributed by atoms with Crippen molar-refractivity contribution in [3.8, 4) is 16.9 Å². The average Bonchev–Trinajstić information content (AvgIpc) is 3.57. The number of hydrogen-bond acceptors (Lipinski definition) is 1. The number of nitrogens with zero attached hydrogens (tertiary/aromatic N) is 3.